The summed E-state index contributed by atoms with van der Waals surface area (Å²) in [6.45, 7) is 1.65. The van der Waals surface area contributed by atoms with Gasteiger partial charge < -0.3 is 0 Å². The number of Topliss-reactive ketones (excluding diaryl/α,β-unsaturated/α-hetero) is 1. The van der Waals surface area contributed by atoms with E-state index in [1.807, 2.05) is 24.3 Å². The van der Waals surface area contributed by atoms with Crippen molar-refractivity contribution in [3.8, 4) is 0 Å². The largest absolute Gasteiger partial charge is 0.292 e. The Morgan fingerprint density at radius 1 is 1.00 bits per heavy atom. The lowest BCUT2D eigenvalue weighted by atomic mass is 9.83. The molecule has 3 aromatic carbocycles. The molecule has 4 atom stereocenters. The van der Waals surface area contributed by atoms with Crippen molar-refractivity contribution in [1.29, 1.82) is 0 Å². The fourth-order valence-electron chi connectivity index (χ4n) is 5.64. The smallest absolute Gasteiger partial charge is 0.271 e. The summed E-state index contributed by atoms with van der Waals surface area (Å²) >= 11 is 0. The number of non-ortho nitro benzene ring substituents is 1. The van der Waals surface area contributed by atoms with Crippen LogP contribution in [0.25, 0.3) is 0 Å². The number of halogens is 1. The van der Waals surface area contributed by atoms with E-state index in [1.165, 1.54) is 35.3 Å². The van der Waals surface area contributed by atoms with Crippen LogP contribution in [0.1, 0.15) is 33.1 Å². The highest BCUT2D eigenvalue weighted by Crippen LogP contribution is 2.53. The van der Waals surface area contributed by atoms with Crippen LogP contribution < -0.4 is 4.90 Å². The lowest BCUT2D eigenvalue weighted by molar-refractivity contribution is -0.384. The molecule has 3 aliphatic heterocycles. The van der Waals surface area contributed by atoms with Gasteiger partial charge in [0.1, 0.15) is 11.9 Å². The van der Waals surface area contributed by atoms with E-state index in [1.54, 1.807) is 13.1 Å². The van der Waals surface area contributed by atoms with Crippen molar-refractivity contribution in [2.75, 3.05) is 4.90 Å². The number of carbonyl (C=O) groups is 3. The minimum absolute atomic E-state index is 0.116. The molecule has 3 aliphatic rings. The van der Waals surface area contributed by atoms with Gasteiger partial charge >= 0.3 is 0 Å². The summed E-state index contributed by atoms with van der Waals surface area (Å²) in [5, 5.41) is 17.4. The van der Waals surface area contributed by atoms with Crippen LogP contribution in [0.4, 0.5) is 15.8 Å². The van der Waals surface area contributed by atoms with Gasteiger partial charge in [-0.1, -0.05) is 30.3 Å². The first kappa shape index (κ1) is 22.7. The average Bonchev–Trinajstić information content (AvgIpc) is 3.37. The molecular formula is C27H19FN4O5. The molecular weight excluding hydrogens is 479 g/mol. The van der Waals surface area contributed by atoms with Gasteiger partial charge in [-0.2, -0.15) is 5.10 Å². The van der Waals surface area contributed by atoms with Gasteiger partial charge in [-0.15, -0.1) is 0 Å². The van der Waals surface area contributed by atoms with E-state index in [4.69, 9.17) is 0 Å². The Balaban J connectivity index is 1.51. The van der Waals surface area contributed by atoms with E-state index in [2.05, 4.69) is 5.10 Å². The number of nitro groups is 1. The molecule has 3 heterocycles. The molecule has 0 N–H and O–H groups in total. The molecule has 6 rings (SSSR count). The first-order valence-electron chi connectivity index (χ1n) is 11.6. The SMILES string of the molecule is Cc1ccc([N+](=O)[O-])cc1N1C(=O)[C@@H]2[C@H](C1=O)[C@H]1c3ccccc3C=NN1[C@@H]2C(=O)c1ccc(F)cc1. The molecule has 2 fully saturated rings. The van der Waals surface area contributed by atoms with Gasteiger partial charge in [-0.3, -0.25) is 29.5 Å². The normalized spacial score (nSPS) is 23.6. The predicted molar refractivity (Wildman–Crippen MR) is 130 cm³/mol. The molecule has 2 amide bonds. The number of hydrogen-bond donors (Lipinski definition) is 0. The van der Waals surface area contributed by atoms with E-state index in [0.29, 0.717) is 5.56 Å². The zero-order valence-corrected chi connectivity index (χ0v) is 19.4. The Morgan fingerprint density at radius 2 is 1.70 bits per heavy atom. The number of aryl methyl sites for hydroxylation is 1. The number of hydrazone groups is 1. The van der Waals surface area contributed by atoms with Crippen LogP contribution in [0.2, 0.25) is 0 Å². The zero-order valence-electron chi connectivity index (χ0n) is 19.4. The van der Waals surface area contributed by atoms with Crippen LogP contribution in [0, 0.1) is 34.7 Å². The number of fused-ring (bicyclic) bond motifs is 5. The van der Waals surface area contributed by atoms with E-state index in [9.17, 15) is 28.9 Å². The van der Waals surface area contributed by atoms with Crippen molar-refractivity contribution in [2.24, 2.45) is 16.9 Å². The Bertz CT molecular complexity index is 1540. The monoisotopic (exact) mass is 498 g/mol. The standard InChI is InChI=1S/C27H19FN4O5/c1-14-6-11-18(32(36)37)12-20(14)30-26(34)21-22(27(30)35)24(25(33)15-7-9-17(28)10-8-15)31-23(21)19-5-3-2-4-16(19)13-29-31/h2-13,21-24H,1H3/t21-,22+,23+,24-/m0/s1. The van der Waals surface area contributed by atoms with Crippen molar-refractivity contribution >= 4 is 35.2 Å². The second kappa shape index (κ2) is 8.16. The van der Waals surface area contributed by atoms with Crippen molar-refractivity contribution in [3.63, 3.8) is 0 Å². The fraction of sp³-hybridized carbons (Fsp3) is 0.185. The molecule has 9 nitrogen and oxygen atoms in total. The molecule has 10 heteroatoms. The second-order valence-electron chi connectivity index (χ2n) is 9.31. The number of ketones is 1. The number of nitrogens with zero attached hydrogens (tertiary/aromatic N) is 4. The van der Waals surface area contributed by atoms with Crippen LogP contribution in [0.15, 0.2) is 71.8 Å². The van der Waals surface area contributed by atoms with Crippen LogP contribution in [0.3, 0.4) is 0 Å². The summed E-state index contributed by atoms with van der Waals surface area (Å²) in [5.41, 5.74) is 2.07. The van der Waals surface area contributed by atoms with Crippen LogP contribution in [-0.2, 0) is 9.59 Å². The molecule has 184 valence electrons. The van der Waals surface area contributed by atoms with Gasteiger partial charge in [0.15, 0.2) is 5.78 Å². The number of hydrogen-bond acceptors (Lipinski definition) is 7. The quantitative estimate of drug-likeness (QED) is 0.234. The van der Waals surface area contributed by atoms with E-state index < -0.39 is 52.3 Å². The molecule has 37 heavy (non-hydrogen) atoms. The third-order valence-corrected chi connectivity index (χ3v) is 7.33. The highest BCUT2D eigenvalue weighted by atomic mass is 19.1. The summed E-state index contributed by atoms with van der Waals surface area (Å²) in [6, 6.07) is 14.5. The first-order chi connectivity index (χ1) is 17.8. The lowest BCUT2D eigenvalue weighted by Crippen LogP contribution is -2.44. The summed E-state index contributed by atoms with van der Waals surface area (Å²) in [4.78, 5) is 53.4. The minimum Gasteiger partial charge on any atom is -0.292 e. The van der Waals surface area contributed by atoms with Crippen molar-refractivity contribution in [3.05, 3.63) is 105 Å². The zero-order chi connectivity index (χ0) is 26.0. The highest BCUT2D eigenvalue weighted by molar-refractivity contribution is 6.25. The molecule has 0 spiro atoms. The summed E-state index contributed by atoms with van der Waals surface area (Å²) in [6.07, 6.45) is 1.59. The second-order valence-corrected chi connectivity index (χ2v) is 9.31. The molecule has 0 aliphatic carbocycles. The van der Waals surface area contributed by atoms with Gasteiger partial charge in [0.05, 0.1) is 34.7 Å². The number of rotatable bonds is 4. The number of anilines is 1. The molecule has 0 unspecified atom stereocenters. The van der Waals surface area contributed by atoms with Gasteiger partial charge in [-0.25, -0.2) is 9.29 Å². The van der Waals surface area contributed by atoms with Crippen LogP contribution in [-0.4, -0.2) is 39.8 Å². The summed E-state index contributed by atoms with van der Waals surface area (Å²) in [5.74, 6) is -4.18. The molecule has 0 aromatic heterocycles. The predicted octanol–water partition coefficient (Wildman–Crippen LogP) is 3.80. The lowest BCUT2D eigenvalue weighted by Gasteiger charge is -2.34. The molecule has 0 saturated carbocycles. The van der Waals surface area contributed by atoms with E-state index >= 15 is 0 Å². The van der Waals surface area contributed by atoms with Crippen molar-refractivity contribution in [1.82, 2.24) is 5.01 Å². The van der Waals surface area contributed by atoms with Gasteiger partial charge in [0.2, 0.25) is 11.8 Å². The van der Waals surface area contributed by atoms with E-state index in [0.717, 1.165) is 28.2 Å². The molecule has 0 radical (unpaired) electrons. The Kier molecular flexibility index (Phi) is 5.01. The Hall–Kier alpha value is -4.73. The molecule has 3 aromatic rings. The molecule has 2 saturated heterocycles. The van der Waals surface area contributed by atoms with Gasteiger partial charge in [-0.05, 0) is 47.9 Å². The third kappa shape index (κ3) is 3.29. The number of benzene rings is 3. The Labute approximate surface area is 210 Å². The third-order valence-electron chi connectivity index (χ3n) is 7.33. The van der Waals surface area contributed by atoms with Crippen LogP contribution in [0.5, 0.6) is 0 Å². The maximum atomic E-state index is 13.9. The van der Waals surface area contributed by atoms with Crippen molar-refractivity contribution < 1.29 is 23.7 Å². The number of nitro benzene ring substituents is 1. The maximum absolute atomic E-state index is 13.9. The first-order valence-corrected chi connectivity index (χ1v) is 11.6. The summed E-state index contributed by atoms with van der Waals surface area (Å²) < 4.78 is 13.6. The van der Waals surface area contributed by atoms with Gasteiger partial charge in [0, 0.05) is 17.7 Å². The number of imide groups is 1. The highest BCUT2D eigenvalue weighted by Gasteiger charge is 2.65. The Morgan fingerprint density at radius 3 is 2.43 bits per heavy atom. The number of amides is 2. The number of carbonyl (C=O) groups excluding carboxylic acids is 3. The topological polar surface area (TPSA) is 113 Å². The minimum atomic E-state index is -1.12. The average molecular weight is 498 g/mol. The van der Waals surface area contributed by atoms with Crippen LogP contribution >= 0.6 is 0 Å². The van der Waals surface area contributed by atoms with Crippen molar-refractivity contribution in [2.45, 2.75) is 19.0 Å². The van der Waals surface area contributed by atoms with Gasteiger partial charge in [0.25, 0.3) is 5.69 Å². The molecule has 0 bridgehead atoms. The van der Waals surface area contributed by atoms with E-state index in [-0.39, 0.29) is 16.9 Å². The summed E-state index contributed by atoms with van der Waals surface area (Å²) in [7, 11) is 0. The maximum Gasteiger partial charge on any atom is 0.271 e. The fourth-order valence-corrected chi connectivity index (χ4v) is 5.64.